The van der Waals surface area contributed by atoms with Gasteiger partial charge in [-0.3, -0.25) is 9.59 Å². The maximum atomic E-state index is 13.6. The summed E-state index contributed by atoms with van der Waals surface area (Å²) in [6, 6.07) is 13.4. The van der Waals surface area contributed by atoms with Gasteiger partial charge in [0.1, 0.15) is 17.2 Å². The summed E-state index contributed by atoms with van der Waals surface area (Å²) in [5.41, 5.74) is 0.164. The van der Waals surface area contributed by atoms with Crippen molar-refractivity contribution in [3.05, 3.63) is 106 Å². The molecule has 4 rings (SSSR count). The number of halogens is 4. The molecule has 2 N–H and O–H groups in total. The van der Waals surface area contributed by atoms with Crippen LogP contribution in [-0.4, -0.2) is 27.9 Å². The molecule has 0 unspecified atom stereocenters. The number of aromatic nitrogens is 2. The van der Waals surface area contributed by atoms with Crippen molar-refractivity contribution in [1.82, 2.24) is 20.2 Å². The average molecular weight is 601 g/mol. The summed E-state index contributed by atoms with van der Waals surface area (Å²) in [5.74, 6) is -1.03. The van der Waals surface area contributed by atoms with Crippen LogP contribution in [0.3, 0.4) is 0 Å². The molecule has 0 aliphatic carbocycles. The van der Waals surface area contributed by atoms with E-state index in [1.54, 1.807) is 43.0 Å². The van der Waals surface area contributed by atoms with Crippen molar-refractivity contribution in [2.75, 3.05) is 6.54 Å². The molecular weight excluding hydrogens is 577 g/mol. The minimum atomic E-state index is -4.61. The molecule has 0 saturated carbocycles. The van der Waals surface area contributed by atoms with Gasteiger partial charge in [0, 0.05) is 47.2 Å². The zero-order valence-electron chi connectivity index (χ0n) is 20.8. The number of nitrogens with zero attached hydrogens (tertiary/aromatic N) is 2. The monoisotopic (exact) mass is 600 g/mol. The Morgan fingerprint density at radius 1 is 1.10 bits per heavy atom. The molecule has 4 aromatic rings. The Morgan fingerprint density at radius 3 is 2.56 bits per heavy atom. The Hall–Kier alpha value is -4.12. The Labute approximate surface area is 230 Å². The van der Waals surface area contributed by atoms with Crippen molar-refractivity contribution in [3.63, 3.8) is 0 Å². The number of aryl methyl sites for hydroxylation is 2. The van der Waals surface area contributed by atoms with Crippen LogP contribution in [0.25, 0.3) is 17.4 Å². The molecule has 11 heteroatoms. The number of amides is 2. The van der Waals surface area contributed by atoms with Crippen molar-refractivity contribution in [2.45, 2.75) is 26.1 Å². The molecule has 0 aliphatic rings. The lowest BCUT2D eigenvalue weighted by Crippen LogP contribution is -2.35. The van der Waals surface area contributed by atoms with Crippen LogP contribution in [0, 0.1) is 6.92 Å². The topological polar surface area (TPSA) is 89.2 Å². The van der Waals surface area contributed by atoms with Crippen LogP contribution in [0.15, 0.2) is 87.9 Å². The second-order valence-electron chi connectivity index (χ2n) is 8.68. The maximum absolute atomic E-state index is 13.6. The molecule has 2 aromatic heterocycles. The van der Waals surface area contributed by atoms with Crippen molar-refractivity contribution in [1.29, 1.82) is 0 Å². The third-order valence-electron chi connectivity index (χ3n) is 5.71. The van der Waals surface area contributed by atoms with E-state index in [0.717, 1.165) is 11.6 Å². The van der Waals surface area contributed by atoms with E-state index in [4.69, 9.17) is 4.42 Å². The van der Waals surface area contributed by atoms with Gasteiger partial charge in [-0.15, -0.1) is 0 Å². The molecule has 2 heterocycles. The van der Waals surface area contributed by atoms with Gasteiger partial charge in [0.05, 0.1) is 11.9 Å². The maximum Gasteiger partial charge on any atom is 0.417 e. The minimum absolute atomic E-state index is 0.0361. The van der Waals surface area contributed by atoms with Crippen LogP contribution in [0.4, 0.5) is 13.2 Å². The first kappa shape index (κ1) is 27.9. The molecule has 0 spiro atoms. The third-order valence-corrected chi connectivity index (χ3v) is 6.20. The van der Waals surface area contributed by atoms with Gasteiger partial charge in [0.25, 0.3) is 11.8 Å². The summed E-state index contributed by atoms with van der Waals surface area (Å²) in [4.78, 5) is 29.8. The highest BCUT2D eigenvalue weighted by Gasteiger charge is 2.34. The van der Waals surface area contributed by atoms with Gasteiger partial charge in [-0.05, 0) is 55.8 Å². The van der Waals surface area contributed by atoms with Gasteiger partial charge in [0.15, 0.2) is 0 Å². The molecule has 39 heavy (non-hydrogen) atoms. The summed E-state index contributed by atoms with van der Waals surface area (Å²) in [5, 5.41) is 5.35. The molecular formula is C28H24BrF3N4O3. The molecule has 2 amide bonds. The SMILES string of the molecule is Cc1ccc(C(=O)N/C(=C/c2ccc(-c3ccc(Br)cc3C(F)(F)F)o2)C(=O)NCCCn2ccnc2)cc1. The van der Waals surface area contributed by atoms with E-state index in [1.165, 1.54) is 30.3 Å². The number of carbonyl (C=O) groups excluding carboxylic acids is 2. The van der Waals surface area contributed by atoms with Crippen LogP contribution in [0.5, 0.6) is 0 Å². The van der Waals surface area contributed by atoms with E-state index in [0.29, 0.717) is 25.1 Å². The highest BCUT2D eigenvalue weighted by atomic mass is 79.9. The summed E-state index contributed by atoms with van der Waals surface area (Å²) in [6.07, 6.45) is 2.41. The number of nitrogens with one attached hydrogen (secondary N) is 2. The van der Waals surface area contributed by atoms with Gasteiger partial charge in [-0.1, -0.05) is 33.6 Å². The normalized spacial score (nSPS) is 11.9. The molecule has 2 aromatic carbocycles. The summed E-state index contributed by atoms with van der Waals surface area (Å²) in [7, 11) is 0. The molecule has 202 valence electrons. The van der Waals surface area contributed by atoms with E-state index in [-0.39, 0.29) is 27.3 Å². The highest BCUT2D eigenvalue weighted by molar-refractivity contribution is 9.10. The predicted octanol–water partition coefficient (Wildman–Crippen LogP) is 6.21. The largest absolute Gasteiger partial charge is 0.457 e. The van der Waals surface area contributed by atoms with Gasteiger partial charge < -0.3 is 19.6 Å². The number of carbonyl (C=O) groups is 2. The first-order valence-corrected chi connectivity index (χ1v) is 12.7. The van der Waals surface area contributed by atoms with E-state index < -0.39 is 23.6 Å². The third kappa shape index (κ3) is 7.47. The lowest BCUT2D eigenvalue weighted by atomic mass is 10.1. The fourth-order valence-corrected chi connectivity index (χ4v) is 4.08. The van der Waals surface area contributed by atoms with Gasteiger partial charge in [0.2, 0.25) is 0 Å². The smallest absolute Gasteiger partial charge is 0.417 e. The number of furan rings is 1. The lowest BCUT2D eigenvalue weighted by molar-refractivity contribution is -0.137. The van der Waals surface area contributed by atoms with Crippen LogP contribution in [0.2, 0.25) is 0 Å². The van der Waals surface area contributed by atoms with Crippen LogP contribution >= 0.6 is 15.9 Å². The highest BCUT2D eigenvalue weighted by Crippen LogP contribution is 2.39. The van der Waals surface area contributed by atoms with Crippen LogP contribution in [0.1, 0.15) is 33.7 Å². The van der Waals surface area contributed by atoms with Gasteiger partial charge >= 0.3 is 6.18 Å². The quantitative estimate of drug-likeness (QED) is 0.176. The van der Waals surface area contributed by atoms with Crippen molar-refractivity contribution < 1.29 is 27.2 Å². The molecule has 7 nitrogen and oxygen atoms in total. The van der Waals surface area contributed by atoms with Crippen molar-refractivity contribution >= 4 is 33.8 Å². The molecule has 0 fully saturated rings. The molecule has 0 saturated heterocycles. The standard InChI is InChI=1S/C28H24BrF3N4O3/c1-18-3-5-19(6-4-18)26(37)35-24(27(38)34-11-2-13-36-14-12-33-17-36)16-21-8-10-25(39-21)22-9-7-20(29)15-23(22)28(30,31)32/h3-10,12,14-17H,2,11,13H2,1H3,(H,34,38)(H,35,37)/b24-16+. The second-order valence-corrected chi connectivity index (χ2v) is 9.59. The summed E-state index contributed by atoms with van der Waals surface area (Å²) in [6.45, 7) is 2.83. The lowest BCUT2D eigenvalue weighted by Gasteiger charge is -2.12. The predicted molar refractivity (Wildman–Crippen MR) is 143 cm³/mol. The number of hydrogen-bond acceptors (Lipinski definition) is 4. The number of hydrogen-bond donors (Lipinski definition) is 2. The number of rotatable bonds is 9. The first-order chi connectivity index (χ1) is 18.6. The minimum Gasteiger partial charge on any atom is -0.457 e. The Morgan fingerprint density at radius 2 is 1.87 bits per heavy atom. The number of imidazole rings is 1. The average Bonchev–Trinajstić information content (AvgIpc) is 3.58. The molecule has 0 bridgehead atoms. The fourth-order valence-electron chi connectivity index (χ4n) is 3.72. The van der Waals surface area contributed by atoms with E-state index >= 15 is 0 Å². The van der Waals surface area contributed by atoms with Crippen molar-refractivity contribution in [2.24, 2.45) is 0 Å². The zero-order valence-corrected chi connectivity index (χ0v) is 22.3. The van der Waals surface area contributed by atoms with E-state index in [2.05, 4.69) is 31.5 Å². The van der Waals surface area contributed by atoms with Gasteiger partial charge in [-0.25, -0.2) is 4.98 Å². The molecule has 0 atom stereocenters. The fraction of sp³-hybridized carbons (Fsp3) is 0.179. The van der Waals surface area contributed by atoms with E-state index in [1.807, 2.05) is 11.5 Å². The Balaban J connectivity index is 1.57. The Bertz CT molecular complexity index is 1480. The number of benzene rings is 2. The number of alkyl halides is 3. The van der Waals surface area contributed by atoms with E-state index in [9.17, 15) is 22.8 Å². The summed E-state index contributed by atoms with van der Waals surface area (Å²) >= 11 is 3.07. The van der Waals surface area contributed by atoms with Crippen LogP contribution < -0.4 is 10.6 Å². The Kier molecular flexibility index (Phi) is 8.70. The molecule has 0 aliphatic heterocycles. The van der Waals surface area contributed by atoms with Crippen LogP contribution in [-0.2, 0) is 17.5 Å². The first-order valence-electron chi connectivity index (χ1n) is 11.9. The zero-order chi connectivity index (χ0) is 28.0. The second kappa shape index (κ2) is 12.2. The summed E-state index contributed by atoms with van der Waals surface area (Å²) < 4.78 is 48.7. The molecule has 0 radical (unpaired) electrons. The van der Waals surface area contributed by atoms with Crippen molar-refractivity contribution in [3.8, 4) is 11.3 Å². The van der Waals surface area contributed by atoms with Gasteiger partial charge in [-0.2, -0.15) is 13.2 Å².